The molecule has 0 saturated heterocycles. The molecule has 1 rings (SSSR count). The Kier molecular flexibility index (Phi) is 20.6. The number of carbonyl (C=O) groups excluding carboxylic acids is 2. The minimum Gasteiger partial charge on any atom is -0.744 e. The molecule has 202 valence electrons. The maximum absolute atomic E-state index is 12.6. The van der Waals surface area contributed by atoms with Crippen LogP contribution in [0.25, 0.3) is 0 Å². The molecule has 1 aromatic carbocycles. The Hall–Kier alpha value is -1.45. The third-order valence-electron chi connectivity index (χ3n) is 5.71. The van der Waals surface area contributed by atoms with Crippen LogP contribution in [0.15, 0.2) is 47.8 Å². The molecule has 0 atom stereocenters. The number of hydrogen-bond acceptors (Lipinski definition) is 7. The zero-order chi connectivity index (χ0) is 26.7. The molecular weight excluding hydrogens is 503 g/mol. The van der Waals surface area contributed by atoms with E-state index in [1.165, 1.54) is 57.5 Å². The average molecular weight is 545 g/mol. The molecule has 37 heavy (non-hydrogen) atoms. The van der Waals surface area contributed by atoms with E-state index in [0.29, 0.717) is 0 Å². The van der Waals surface area contributed by atoms with Gasteiger partial charge in [0.15, 0.2) is 0 Å². The van der Waals surface area contributed by atoms with Crippen molar-refractivity contribution in [1.29, 1.82) is 0 Å². The molecule has 0 amide bonds. The largest absolute Gasteiger partial charge is 1.00 e. The number of esters is 2. The van der Waals surface area contributed by atoms with E-state index in [2.05, 4.69) is 13.8 Å². The summed E-state index contributed by atoms with van der Waals surface area (Å²) in [6.45, 7) is 4.34. The number of carbonyl (C=O) groups is 2. The van der Waals surface area contributed by atoms with Crippen molar-refractivity contribution in [1.82, 2.24) is 0 Å². The van der Waals surface area contributed by atoms with Crippen molar-refractivity contribution in [3.63, 3.8) is 0 Å². The second-order valence-electron chi connectivity index (χ2n) is 8.83. The van der Waals surface area contributed by atoms with E-state index in [1.807, 2.05) is 0 Å². The maximum Gasteiger partial charge on any atom is 1.00 e. The van der Waals surface area contributed by atoms with Crippen LogP contribution in [0.1, 0.15) is 124 Å². The molecule has 1 aromatic rings. The Labute approximate surface area is 245 Å². The molecule has 0 unspecified atom stereocenters. The van der Waals surface area contributed by atoms with Crippen LogP contribution < -0.4 is 29.6 Å². The van der Waals surface area contributed by atoms with Crippen molar-refractivity contribution in [2.45, 2.75) is 109 Å². The number of allylic oxidation sites excluding steroid dienone is 2. The Morgan fingerprint density at radius 2 is 1.16 bits per heavy atom. The van der Waals surface area contributed by atoms with Crippen LogP contribution >= 0.6 is 0 Å². The number of hydrogen-bond donors (Lipinski definition) is 0. The maximum atomic E-state index is 12.6. The zero-order valence-electron chi connectivity index (χ0n) is 22.7. The van der Waals surface area contributed by atoms with Gasteiger partial charge in [-0.05, 0) is 56.0 Å². The van der Waals surface area contributed by atoms with Crippen molar-refractivity contribution in [2.24, 2.45) is 0 Å². The SMILES string of the molecule is CCCCCCCC/C=C/OC(=O)c1ccc(S(=O)(=O)[O-])cc1C(=O)O/C=C/CCCCCCCC.[Na+]. The van der Waals surface area contributed by atoms with Crippen molar-refractivity contribution in [3.8, 4) is 0 Å². The predicted molar refractivity (Wildman–Crippen MR) is 140 cm³/mol. The summed E-state index contributed by atoms with van der Waals surface area (Å²) in [6.07, 6.45) is 21.2. The Morgan fingerprint density at radius 3 is 1.62 bits per heavy atom. The van der Waals surface area contributed by atoms with Crippen LogP contribution in [0.3, 0.4) is 0 Å². The van der Waals surface area contributed by atoms with Gasteiger partial charge in [-0.2, -0.15) is 0 Å². The Morgan fingerprint density at radius 1 is 0.730 bits per heavy atom. The topological polar surface area (TPSA) is 110 Å². The van der Waals surface area contributed by atoms with E-state index in [-0.39, 0.29) is 40.7 Å². The summed E-state index contributed by atoms with van der Waals surface area (Å²) >= 11 is 0. The van der Waals surface area contributed by atoms with Crippen molar-refractivity contribution in [3.05, 3.63) is 54.0 Å². The first kappa shape index (κ1) is 35.5. The summed E-state index contributed by atoms with van der Waals surface area (Å²) in [5.41, 5.74) is -0.522. The second-order valence-corrected chi connectivity index (χ2v) is 10.2. The molecule has 0 saturated carbocycles. The van der Waals surface area contributed by atoms with Crippen LogP contribution in [0.2, 0.25) is 0 Å². The van der Waals surface area contributed by atoms with Crippen LogP contribution in [-0.4, -0.2) is 24.9 Å². The molecule has 0 bridgehead atoms. The average Bonchev–Trinajstić information content (AvgIpc) is 2.85. The first-order chi connectivity index (χ1) is 17.3. The number of benzene rings is 1. The van der Waals surface area contributed by atoms with Crippen molar-refractivity contribution in [2.75, 3.05) is 0 Å². The molecule has 0 aromatic heterocycles. The summed E-state index contributed by atoms with van der Waals surface area (Å²) < 4.78 is 44.5. The zero-order valence-corrected chi connectivity index (χ0v) is 25.5. The fourth-order valence-corrected chi connectivity index (χ4v) is 4.09. The molecule has 0 spiro atoms. The molecule has 0 heterocycles. The fraction of sp³-hybridized carbons (Fsp3) is 0.571. The monoisotopic (exact) mass is 544 g/mol. The summed E-state index contributed by atoms with van der Waals surface area (Å²) in [6, 6.07) is 2.91. The van der Waals surface area contributed by atoms with Gasteiger partial charge in [-0.1, -0.05) is 78.1 Å². The predicted octanol–water partition coefficient (Wildman–Crippen LogP) is 4.44. The first-order valence-electron chi connectivity index (χ1n) is 13.1. The molecular formula is C28H41NaO7S. The molecule has 0 radical (unpaired) electrons. The Balaban J connectivity index is 0.0000130. The molecule has 7 nitrogen and oxygen atoms in total. The summed E-state index contributed by atoms with van der Waals surface area (Å²) in [7, 11) is -4.82. The summed E-state index contributed by atoms with van der Waals surface area (Å²) in [5, 5.41) is 0. The van der Waals surface area contributed by atoms with Gasteiger partial charge < -0.3 is 14.0 Å². The van der Waals surface area contributed by atoms with E-state index >= 15 is 0 Å². The molecule has 0 N–H and O–H groups in total. The van der Waals surface area contributed by atoms with E-state index in [0.717, 1.165) is 63.1 Å². The number of ether oxygens (including phenoxy) is 2. The van der Waals surface area contributed by atoms with Crippen LogP contribution in [0.5, 0.6) is 0 Å². The van der Waals surface area contributed by atoms with E-state index in [1.54, 1.807) is 12.2 Å². The van der Waals surface area contributed by atoms with Gasteiger partial charge in [-0.25, -0.2) is 18.0 Å². The summed E-state index contributed by atoms with van der Waals surface area (Å²) in [5.74, 6) is -1.78. The molecule has 0 aliphatic carbocycles. The van der Waals surface area contributed by atoms with Crippen LogP contribution in [0, 0.1) is 0 Å². The van der Waals surface area contributed by atoms with Gasteiger partial charge in [0.1, 0.15) is 10.1 Å². The third kappa shape index (κ3) is 16.2. The van der Waals surface area contributed by atoms with Crippen molar-refractivity contribution < 1.29 is 61.6 Å². The van der Waals surface area contributed by atoms with Gasteiger partial charge >= 0.3 is 41.5 Å². The van der Waals surface area contributed by atoms with E-state index in [9.17, 15) is 22.6 Å². The molecule has 0 fully saturated rings. The van der Waals surface area contributed by atoms with Gasteiger partial charge in [0.2, 0.25) is 0 Å². The number of unbranched alkanes of at least 4 members (excludes halogenated alkanes) is 12. The molecule has 0 aliphatic rings. The van der Waals surface area contributed by atoms with Gasteiger partial charge in [0, 0.05) is 0 Å². The minimum absolute atomic E-state index is 0. The second kappa shape index (κ2) is 21.5. The van der Waals surface area contributed by atoms with Crippen LogP contribution in [-0.2, 0) is 19.6 Å². The van der Waals surface area contributed by atoms with Gasteiger partial charge in [0.05, 0.1) is 28.5 Å². The number of rotatable bonds is 19. The van der Waals surface area contributed by atoms with Gasteiger partial charge in [-0.3, -0.25) is 0 Å². The Bertz CT molecular complexity index is 955. The van der Waals surface area contributed by atoms with E-state index < -0.39 is 27.0 Å². The quantitative estimate of drug-likeness (QED) is 0.0833. The van der Waals surface area contributed by atoms with Crippen molar-refractivity contribution >= 4 is 22.1 Å². The molecule has 0 aliphatic heterocycles. The minimum atomic E-state index is -4.82. The van der Waals surface area contributed by atoms with E-state index in [4.69, 9.17) is 9.47 Å². The fourth-order valence-electron chi connectivity index (χ4n) is 3.59. The molecule has 9 heteroatoms. The standard InChI is InChI=1S/C28H42O7S.Na/c1-3-5-7-9-11-13-15-17-21-34-27(29)25-20-19-24(36(31,32)33)23-26(25)28(30)35-22-18-16-14-12-10-8-6-4-2;/h17-23H,3-16H2,1-2H3,(H,31,32,33);/q;+1/p-1/b21-17+,22-18+;. The van der Waals surface area contributed by atoms with Gasteiger partial charge in [0.25, 0.3) is 0 Å². The van der Waals surface area contributed by atoms with Gasteiger partial charge in [-0.15, -0.1) is 0 Å². The third-order valence-corrected chi connectivity index (χ3v) is 6.54. The normalized spacial score (nSPS) is 11.5. The summed E-state index contributed by atoms with van der Waals surface area (Å²) in [4.78, 5) is 24.5. The smallest absolute Gasteiger partial charge is 0.744 e. The van der Waals surface area contributed by atoms with Crippen LogP contribution in [0.4, 0.5) is 0 Å². The first-order valence-corrected chi connectivity index (χ1v) is 14.5.